The average Bonchev–Trinajstić information content (AvgIpc) is 2.95. The largest absolute Gasteiger partial charge is 0.469 e. The Morgan fingerprint density at radius 2 is 1.96 bits per heavy atom. The Hall–Kier alpha value is -2.18. The average molecular weight is 369 g/mol. The highest BCUT2D eigenvalue weighted by atomic mass is 19.2. The van der Waals surface area contributed by atoms with Crippen LogP contribution in [-0.2, 0) is 15.1 Å². The van der Waals surface area contributed by atoms with E-state index in [4.69, 9.17) is 0 Å². The SMILES string of the molecule is COC(=O)CC[C@@H]1CC[C@](c2ccc(F)c(F)c2)(C(C)(C)C)N1C(=O)O. The highest BCUT2D eigenvalue weighted by Gasteiger charge is 2.56. The molecule has 1 amide bonds. The zero-order chi connectivity index (χ0) is 19.7. The van der Waals surface area contributed by atoms with Crippen molar-refractivity contribution in [2.24, 2.45) is 5.41 Å². The van der Waals surface area contributed by atoms with Crippen LogP contribution in [0.3, 0.4) is 0 Å². The molecule has 1 saturated heterocycles. The lowest BCUT2D eigenvalue weighted by molar-refractivity contribution is -0.141. The predicted octanol–water partition coefficient (Wildman–Crippen LogP) is 4.30. The van der Waals surface area contributed by atoms with Gasteiger partial charge in [0.15, 0.2) is 11.6 Å². The highest BCUT2D eigenvalue weighted by molar-refractivity contribution is 5.70. The van der Waals surface area contributed by atoms with E-state index in [0.29, 0.717) is 24.8 Å². The normalized spacial score (nSPS) is 23.2. The third kappa shape index (κ3) is 3.39. The van der Waals surface area contributed by atoms with Gasteiger partial charge >= 0.3 is 12.1 Å². The number of carbonyl (C=O) groups excluding carboxylic acids is 1. The van der Waals surface area contributed by atoms with Crippen LogP contribution in [0, 0.1) is 17.0 Å². The third-order valence-corrected chi connectivity index (χ3v) is 5.37. The molecule has 0 aliphatic carbocycles. The Morgan fingerprint density at radius 3 is 2.46 bits per heavy atom. The standard InChI is InChI=1S/C19H25F2NO4/c1-18(2,3)19(12-5-7-14(20)15(21)11-12)10-9-13(22(19)17(24)25)6-8-16(23)26-4/h5,7,11,13H,6,8-10H2,1-4H3,(H,24,25)/t13-,19+/m1/s1. The molecule has 1 fully saturated rings. The Balaban J connectivity index is 2.51. The molecule has 0 spiro atoms. The summed E-state index contributed by atoms with van der Waals surface area (Å²) in [5.74, 6) is -2.38. The van der Waals surface area contributed by atoms with Crippen molar-refractivity contribution in [1.29, 1.82) is 0 Å². The van der Waals surface area contributed by atoms with Crippen LogP contribution >= 0.6 is 0 Å². The topological polar surface area (TPSA) is 66.8 Å². The predicted molar refractivity (Wildman–Crippen MR) is 91.6 cm³/mol. The second-order valence-corrected chi connectivity index (χ2v) is 7.70. The van der Waals surface area contributed by atoms with Crippen molar-refractivity contribution < 1.29 is 28.2 Å². The van der Waals surface area contributed by atoms with Gasteiger partial charge in [-0.05, 0) is 42.4 Å². The smallest absolute Gasteiger partial charge is 0.408 e. The minimum Gasteiger partial charge on any atom is -0.469 e. The van der Waals surface area contributed by atoms with Gasteiger partial charge < -0.3 is 9.84 Å². The molecular weight excluding hydrogens is 344 g/mol. The molecular formula is C19H25F2NO4. The van der Waals surface area contributed by atoms with E-state index in [1.807, 2.05) is 20.8 Å². The maximum atomic E-state index is 13.9. The van der Waals surface area contributed by atoms with Crippen LogP contribution in [0.5, 0.6) is 0 Å². The van der Waals surface area contributed by atoms with Gasteiger partial charge in [0.2, 0.25) is 0 Å². The molecule has 0 aromatic heterocycles. The fourth-order valence-corrected chi connectivity index (χ4v) is 4.12. The number of hydrogen-bond donors (Lipinski definition) is 1. The zero-order valence-corrected chi connectivity index (χ0v) is 15.5. The van der Waals surface area contributed by atoms with Crippen LogP contribution in [0.1, 0.15) is 52.0 Å². The number of carboxylic acid groups (broad SMARTS) is 1. The van der Waals surface area contributed by atoms with E-state index < -0.39 is 40.7 Å². The third-order valence-electron chi connectivity index (χ3n) is 5.37. The van der Waals surface area contributed by atoms with Crippen LogP contribution < -0.4 is 0 Å². The highest BCUT2D eigenvalue weighted by Crippen LogP contribution is 2.54. The zero-order valence-electron chi connectivity index (χ0n) is 15.5. The number of methoxy groups -OCH3 is 1. The molecule has 144 valence electrons. The molecule has 1 heterocycles. The second-order valence-electron chi connectivity index (χ2n) is 7.70. The van der Waals surface area contributed by atoms with Crippen molar-refractivity contribution >= 4 is 12.1 Å². The Bertz CT molecular complexity index is 701. The molecule has 2 atom stereocenters. The molecule has 0 radical (unpaired) electrons. The van der Waals surface area contributed by atoms with Crippen molar-refractivity contribution in [2.45, 2.75) is 58.0 Å². The van der Waals surface area contributed by atoms with Crippen LogP contribution in [0.25, 0.3) is 0 Å². The van der Waals surface area contributed by atoms with E-state index in [1.54, 1.807) is 0 Å². The molecule has 1 aliphatic heterocycles. The van der Waals surface area contributed by atoms with Gasteiger partial charge in [-0.15, -0.1) is 0 Å². The summed E-state index contributed by atoms with van der Waals surface area (Å²) >= 11 is 0. The molecule has 26 heavy (non-hydrogen) atoms. The van der Waals surface area contributed by atoms with Crippen molar-refractivity contribution in [3.8, 4) is 0 Å². The number of esters is 1. The summed E-state index contributed by atoms with van der Waals surface area (Å²) in [6, 6.07) is 3.15. The van der Waals surface area contributed by atoms with Crippen molar-refractivity contribution in [1.82, 2.24) is 4.90 Å². The van der Waals surface area contributed by atoms with E-state index in [1.165, 1.54) is 18.1 Å². The summed E-state index contributed by atoms with van der Waals surface area (Å²) in [5.41, 5.74) is -1.17. The number of benzene rings is 1. The molecule has 1 aliphatic rings. The van der Waals surface area contributed by atoms with E-state index in [0.717, 1.165) is 12.1 Å². The van der Waals surface area contributed by atoms with Crippen LogP contribution in [0.2, 0.25) is 0 Å². The first-order chi connectivity index (χ1) is 12.0. The molecule has 1 aromatic carbocycles. The first-order valence-corrected chi connectivity index (χ1v) is 8.59. The molecule has 5 nitrogen and oxygen atoms in total. The summed E-state index contributed by atoms with van der Waals surface area (Å²) in [4.78, 5) is 25.0. The first-order valence-electron chi connectivity index (χ1n) is 8.59. The van der Waals surface area contributed by atoms with E-state index in [2.05, 4.69) is 4.74 Å². The van der Waals surface area contributed by atoms with Crippen molar-refractivity contribution in [3.05, 3.63) is 35.4 Å². The lowest BCUT2D eigenvalue weighted by Gasteiger charge is -2.49. The van der Waals surface area contributed by atoms with Gasteiger partial charge in [-0.3, -0.25) is 9.69 Å². The summed E-state index contributed by atoms with van der Waals surface area (Å²) in [7, 11) is 1.28. The van der Waals surface area contributed by atoms with Crippen LogP contribution in [-0.4, -0.2) is 35.2 Å². The Labute approximate surface area is 151 Å². The number of rotatable bonds is 4. The summed E-state index contributed by atoms with van der Waals surface area (Å²) < 4.78 is 32.0. The maximum absolute atomic E-state index is 13.9. The van der Waals surface area contributed by atoms with Gasteiger partial charge in [-0.2, -0.15) is 0 Å². The Morgan fingerprint density at radius 1 is 1.31 bits per heavy atom. The summed E-state index contributed by atoms with van der Waals surface area (Å²) in [6.07, 6.45) is 0.264. The molecule has 1 N–H and O–H groups in total. The number of likely N-dealkylation sites (tertiary alicyclic amines) is 1. The quantitative estimate of drug-likeness (QED) is 0.804. The molecule has 0 unspecified atom stereocenters. The van der Waals surface area contributed by atoms with Gasteiger partial charge in [0.05, 0.1) is 12.6 Å². The Kier molecular flexibility index (Phi) is 5.58. The van der Waals surface area contributed by atoms with Crippen LogP contribution in [0.4, 0.5) is 13.6 Å². The van der Waals surface area contributed by atoms with Crippen molar-refractivity contribution in [2.75, 3.05) is 7.11 Å². The lowest BCUT2D eigenvalue weighted by Crippen LogP contribution is -2.55. The molecule has 7 heteroatoms. The second kappa shape index (κ2) is 7.21. The number of amides is 1. The minimum absolute atomic E-state index is 0.100. The van der Waals surface area contributed by atoms with Gasteiger partial charge in [0.25, 0.3) is 0 Å². The van der Waals surface area contributed by atoms with Gasteiger partial charge in [0.1, 0.15) is 0 Å². The number of hydrogen-bond acceptors (Lipinski definition) is 3. The van der Waals surface area contributed by atoms with Crippen LogP contribution in [0.15, 0.2) is 18.2 Å². The van der Waals surface area contributed by atoms with E-state index in [-0.39, 0.29) is 6.42 Å². The van der Waals surface area contributed by atoms with Gasteiger partial charge in [-0.25, -0.2) is 13.6 Å². The maximum Gasteiger partial charge on any atom is 0.408 e. The lowest BCUT2D eigenvalue weighted by atomic mass is 9.67. The fraction of sp³-hybridized carbons (Fsp3) is 0.579. The van der Waals surface area contributed by atoms with Gasteiger partial charge in [-0.1, -0.05) is 26.8 Å². The number of halogens is 2. The molecule has 2 rings (SSSR count). The van der Waals surface area contributed by atoms with Gasteiger partial charge in [0, 0.05) is 12.5 Å². The first kappa shape index (κ1) is 20.1. The van der Waals surface area contributed by atoms with E-state index >= 15 is 0 Å². The summed E-state index contributed by atoms with van der Waals surface area (Å²) in [6.45, 7) is 5.65. The van der Waals surface area contributed by atoms with Crippen molar-refractivity contribution in [3.63, 3.8) is 0 Å². The number of carbonyl (C=O) groups is 2. The summed E-state index contributed by atoms with van der Waals surface area (Å²) in [5, 5.41) is 9.93. The monoisotopic (exact) mass is 369 g/mol. The minimum atomic E-state index is -1.14. The molecule has 0 bridgehead atoms. The fourth-order valence-electron chi connectivity index (χ4n) is 4.12. The molecule has 1 aromatic rings. The van der Waals surface area contributed by atoms with E-state index in [9.17, 15) is 23.5 Å². The number of ether oxygens (including phenoxy) is 1. The number of nitrogens with zero attached hydrogens (tertiary/aromatic N) is 1. The molecule has 0 saturated carbocycles.